The first-order valence-corrected chi connectivity index (χ1v) is 9.20. The van der Waals surface area contributed by atoms with Crippen LogP contribution < -0.4 is 5.32 Å². The molecule has 4 rings (SSSR count). The SMILES string of the molecule is CN[C@H]1[C@H](O)C[C@H]2[C@@H]3CCC4=CC(=O)C=C[C@]4(C)[C@H]3CC[C@@]21C. The summed E-state index contributed by atoms with van der Waals surface area (Å²) in [6.45, 7) is 4.72. The van der Waals surface area contributed by atoms with Gasteiger partial charge in [-0.2, -0.15) is 0 Å². The zero-order chi connectivity index (χ0) is 16.4. The molecule has 126 valence electrons. The highest BCUT2D eigenvalue weighted by molar-refractivity contribution is 6.01. The summed E-state index contributed by atoms with van der Waals surface area (Å²) in [6, 6.07) is 0.224. The van der Waals surface area contributed by atoms with Crippen LogP contribution in [0, 0.1) is 28.6 Å². The Morgan fingerprint density at radius 2 is 2.04 bits per heavy atom. The normalized spacial score (nSPS) is 51.7. The Labute approximate surface area is 139 Å². The van der Waals surface area contributed by atoms with E-state index >= 15 is 0 Å². The first-order valence-electron chi connectivity index (χ1n) is 9.20. The molecular formula is C20H29NO2. The van der Waals surface area contributed by atoms with Crippen molar-refractivity contribution in [2.45, 2.75) is 58.1 Å². The zero-order valence-electron chi connectivity index (χ0n) is 14.5. The molecular weight excluding hydrogens is 286 g/mol. The van der Waals surface area contributed by atoms with Crippen molar-refractivity contribution in [2.75, 3.05) is 7.05 Å². The van der Waals surface area contributed by atoms with Crippen LogP contribution >= 0.6 is 0 Å². The van der Waals surface area contributed by atoms with Crippen molar-refractivity contribution in [3.8, 4) is 0 Å². The van der Waals surface area contributed by atoms with E-state index in [2.05, 4.69) is 25.2 Å². The van der Waals surface area contributed by atoms with E-state index in [-0.39, 0.29) is 28.8 Å². The standard InChI is InChI=1S/C20H29NO2/c1-19-8-6-13(22)10-12(19)4-5-14-15(19)7-9-20(2)16(14)11-17(23)18(20)21-3/h6,8,10,14-18,21,23H,4-5,7,9,11H2,1-3H3/t14-,15+,16+,17-,18+,19+,20+/m1/s1. The van der Waals surface area contributed by atoms with Crippen LogP contribution in [0.2, 0.25) is 0 Å². The molecule has 4 aliphatic carbocycles. The van der Waals surface area contributed by atoms with Gasteiger partial charge in [0.15, 0.2) is 5.78 Å². The Morgan fingerprint density at radius 1 is 1.26 bits per heavy atom. The Hall–Kier alpha value is -0.930. The second-order valence-corrected chi connectivity index (χ2v) is 8.72. The van der Waals surface area contributed by atoms with E-state index in [1.807, 2.05) is 13.1 Å². The van der Waals surface area contributed by atoms with Crippen LogP contribution in [0.3, 0.4) is 0 Å². The molecule has 0 saturated heterocycles. The highest BCUT2D eigenvalue weighted by atomic mass is 16.3. The van der Waals surface area contributed by atoms with Gasteiger partial charge in [0.2, 0.25) is 0 Å². The molecule has 3 saturated carbocycles. The minimum Gasteiger partial charge on any atom is -0.391 e. The number of carbonyl (C=O) groups is 1. The van der Waals surface area contributed by atoms with E-state index in [0.717, 1.165) is 12.8 Å². The number of nitrogens with one attached hydrogen (secondary N) is 1. The lowest BCUT2D eigenvalue weighted by atomic mass is 9.48. The first-order chi connectivity index (χ1) is 10.9. The summed E-state index contributed by atoms with van der Waals surface area (Å²) in [7, 11) is 1.99. The maximum atomic E-state index is 11.8. The topological polar surface area (TPSA) is 49.3 Å². The average molecular weight is 315 g/mol. The van der Waals surface area contributed by atoms with Crippen molar-refractivity contribution in [3.63, 3.8) is 0 Å². The van der Waals surface area contributed by atoms with Gasteiger partial charge in [0.05, 0.1) is 6.10 Å². The molecule has 0 aromatic heterocycles. The second-order valence-electron chi connectivity index (χ2n) is 8.72. The third kappa shape index (κ3) is 1.99. The largest absolute Gasteiger partial charge is 0.391 e. The van der Waals surface area contributed by atoms with E-state index in [9.17, 15) is 9.90 Å². The molecule has 3 nitrogen and oxygen atoms in total. The smallest absolute Gasteiger partial charge is 0.178 e. The molecule has 0 aliphatic heterocycles. The van der Waals surface area contributed by atoms with E-state index < -0.39 is 0 Å². The quantitative estimate of drug-likeness (QED) is 0.782. The van der Waals surface area contributed by atoms with Gasteiger partial charge in [-0.1, -0.05) is 25.5 Å². The third-order valence-electron chi connectivity index (χ3n) is 7.90. The fourth-order valence-corrected chi connectivity index (χ4v) is 6.73. The number of carbonyl (C=O) groups excluding carboxylic acids is 1. The lowest BCUT2D eigenvalue weighted by Crippen LogP contribution is -2.53. The molecule has 0 unspecified atom stereocenters. The monoisotopic (exact) mass is 315 g/mol. The van der Waals surface area contributed by atoms with Gasteiger partial charge in [-0.15, -0.1) is 0 Å². The first kappa shape index (κ1) is 15.6. The summed E-state index contributed by atoms with van der Waals surface area (Å²) >= 11 is 0. The maximum Gasteiger partial charge on any atom is 0.178 e. The van der Waals surface area contributed by atoms with Gasteiger partial charge in [0.25, 0.3) is 0 Å². The van der Waals surface area contributed by atoms with Crippen LogP contribution in [-0.4, -0.2) is 30.1 Å². The predicted octanol–water partition coefficient (Wildman–Crippen LogP) is 2.85. The molecule has 7 atom stereocenters. The molecule has 0 aromatic carbocycles. The van der Waals surface area contributed by atoms with Crippen molar-refractivity contribution in [1.29, 1.82) is 0 Å². The number of rotatable bonds is 1. The fourth-order valence-electron chi connectivity index (χ4n) is 6.73. The number of hydrogen-bond donors (Lipinski definition) is 2. The number of aliphatic hydroxyl groups is 1. The Bertz CT molecular complexity index is 594. The summed E-state index contributed by atoms with van der Waals surface area (Å²) in [6.07, 6.45) is 11.2. The highest BCUT2D eigenvalue weighted by Crippen LogP contribution is 2.64. The van der Waals surface area contributed by atoms with Crippen LogP contribution in [-0.2, 0) is 4.79 Å². The van der Waals surface area contributed by atoms with Crippen molar-refractivity contribution in [3.05, 3.63) is 23.8 Å². The molecule has 0 aromatic rings. The molecule has 0 radical (unpaired) electrons. The maximum absolute atomic E-state index is 11.8. The highest BCUT2D eigenvalue weighted by Gasteiger charge is 2.60. The molecule has 0 heterocycles. The third-order valence-corrected chi connectivity index (χ3v) is 7.90. The molecule has 0 bridgehead atoms. The lowest BCUT2D eigenvalue weighted by molar-refractivity contribution is -0.111. The molecule has 4 aliphatic rings. The summed E-state index contributed by atoms with van der Waals surface area (Å²) in [4.78, 5) is 11.8. The average Bonchev–Trinajstić information content (AvgIpc) is 2.77. The molecule has 3 fully saturated rings. The number of aliphatic hydroxyl groups excluding tert-OH is 1. The van der Waals surface area contributed by atoms with E-state index in [4.69, 9.17) is 0 Å². The molecule has 23 heavy (non-hydrogen) atoms. The van der Waals surface area contributed by atoms with Crippen LogP contribution in [0.15, 0.2) is 23.8 Å². The van der Waals surface area contributed by atoms with Gasteiger partial charge >= 0.3 is 0 Å². The van der Waals surface area contributed by atoms with Crippen molar-refractivity contribution >= 4 is 5.78 Å². The molecule has 3 heteroatoms. The molecule has 2 N–H and O–H groups in total. The van der Waals surface area contributed by atoms with Crippen LogP contribution in [0.1, 0.15) is 46.0 Å². The van der Waals surface area contributed by atoms with Crippen molar-refractivity contribution in [2.24, 2.45) is 28.6 Å². The van der Waals surface area contributed by atoms with Gasteiger partial charge in [-0.3, -0.25) is 4.79 Å². The minimum absolute atomic E-state index is 0.0564. The lowest BCUT2D eigenvalue weighted by Gasteiger charge is -2.56. The Kier molecular flexibility index (Phi) is 3.41. The van der Waals surface area contributed by atoms with E-state index in [0.29, 0.717) is 17.8 Å². The molecule has 0 amide bonds. The summed E-state index contributed by atoms with van der Waals surface area (Å²) < 4.78 is 0. The van der Waals surface area contributed by atoms with Crippen LogP contribution in [0.4, 0.5) is 0 Å². The van der Waals surface area contributed by atoms with Crippen molar-refractivity contribution < 1.29 is 9.90 Å². The Morgan fingerprint density at radius 3 is 2.78 bits per heavy atom. The predicted molar refractivity (Wildman–Crippen MR) is 90.9 cm³/mol. The van der Waals surface area contributed by atoms with Gasteiger partial charge in [0, 0.05) is 11.5 Å². The second kappa shape index (κ2) is 5.03. The van der Waals surface area contributed by atoms with Gasteiger partial charge in [0.1, 0.15) is 0 Å². The number of allylic oxidation sites excluding steroid dienone is 4. The fraction of sp³-hybridized carbons (Fsp3) is 0.750. The zero-order valence-corrected chi connectivity index (χ0v) is 14.5. The number of ketones is 1. The van der Waals surface area contributed by atoms with E-state index in [1.165, 1.54) is 24.8 Å². The van der Waals surface area contributed by atoms with Crippen LogP contribution in [0.5, 0.6) is 0 Å². The summed E-state index contributed by atoms with van der Waals surface area (Å²) in [5, 5.41) is 14.0. The van der Waals surface area contributed by atoms with Crippen molar-refractivity contribution in [1.82, 2.24) is 5.32 Å². The van der Waals surface area contributed by atoms with Gasteiger partial charge < -0.3 is 10.4 Å². The van der Waals surface area contributed by atoms with Gasteiger partial charge in [-0.25, -0.2) is 0 Å². The summed E-state index contributed by atoms with van der Waals surface area (Å²) in [5.74, 6) is 2.04. The number of hydrogen-bond acceptors (Lipinski definition) is 3. The number of likely N-dealkylation sites (N-methyl/N-ethyl adjacent to an activating group) is 1. The Balaban J connectivity index is 1.69. The van der Waals surface area contributed by atoms with E-state index in [1.54, 1.807) is 6.08 Å². The van der Waals surface area contributed by atoms with Crippen LogP contribution in [0.25, 0.3) is 0 Å². The van der Waals surface area contributed by atoms with Gasteiger partial charge in [-0.05, 0) is 74.5 Å². The summed E-state index contributed by atoms with van der Waals surface area (Å²) in [5.41, 5.74) is 1.61. The number of fused-ring (bicyclic) bond motifs is 5. The minimum atomic E-state index is -0.220. The molecule has 0 spiro atoms.